The molecule has 4 aromatic rings. The summed E-state index contributed by atoms with van der Waals surface area (Å²) in [6, 6.07) is 15.8. The van der Waals surface area contributed by atoms with Crippen LogP contribution in [0.5, 0.6) is 5.75 Å². The Bertz CT molecular complexity index is 1230. The Morgan fingerprint density at radius 2 is 1.93 bits per heavy atom. The van der Waals surface area contributed by atoms with E-state index in [1.54, 1.807) is 29.0 Å². The maximum absolute atomic E-state index is 14.2. The fourth-order valence-corrected chi connectivity index (χ4v) is 3.59. The first kappa shape index (κ1) is 16.0. The number of carbonyl (C=O) groups is 1. The molecule has 0 saturated carbocycles. The third-order valence-corrected chi connectivity index (χ3v) is 4.96. The molecule has 0 fully saturated rings. The van der Waals surface area contributed by atoms with Crippen LogP contribution < -0.4 is 4.74 Å². The van der Waals surface area contributed by atoms with Crippen molar-refractivity contribution in [2.75, 3.05) is 0 Å². The summed E-state index contributed by atoms with van der Waals surface area (Å²) >= 11 is 5.86. The van der Waals surface area contributed by atoms with E-state index in [1.165, 1.54) is 6.07 Å². The smallest absolute Gasteiger partial charge is 0.268 e. The zero-order valence-corrected chi connectivity index (χ0v) is 14.7. The number of hydrogen-bond acceptors (Lipinski definition) is 3. The molecule has 4 nitrogen and oxygen atoms in total. The quantitative estimate of drug-likeness (QED) is 0.440. The molecule has 5 rings (SSSR count). The zero-order chi connectivity index (χ0) is 18.5. The summed E-state index contributed by atoms with van der Waals surface area (Å²) < 4.78 is 21.8. The summed E-state index contributed by atoms with van der Waals surface area (Å²) in [5, 5.41) is 0.741. The topological polar surface area (TPSA) is 44.1 Å². The molecule has 0 saturated heterocycles. The van der Waals surface area contributed by atoms with Gasteiger partial charge in [0.05, 0.1) is 16.2 Å². The van der Waals surface area contributed by atoms with E-state index in [9.17, 15) is 9.18 Å². The number of pyridine rings is 1. The largest absolute Gasteiger partial charge is 0.487 e. The maximum atomic E-state index is 14.2. The number of carbonyl (C=O) groups excluding carboxylic acids is 1. The van der Waals surface area contributed by atoms with E-state index in [0.717, 1.165) is 5.69 Å². The Morgan fingerprint density at radius 1 is 1.07 bits per heavy atom. The minimum atomic E-state index is -0.522. The molecule has 0 radical (unpaired) electrons. The molecule has 0 amide bonds. The van der Waals surface area contributed by atoms with Gasteiger partial charge in [0.1, 0.15) is 29.4 Å². The lowest BCUT2D eigenvalue weighted by molar-refractivity contribution is 0.0965. The van der Waals surface area contributed by atoms with Crippen molar-refractivity contribution in [3.63, 3.8) is 0 Å². The minimum Gasteiger partial charge on any atom is -0.487 e. The average Bonchev–Trinajstić information content (AvgIpc) is 3.26. The van der Waals surface area contributed by atoms with Gasteiger partial charge in [0.2, 0.25) is 0 Å². The molecule has 0 unspecified atom stereocenters. The first-order valence-corrected chi connectivity index (χ1v) is 8.74. The molecule has 0 bridgehead atoms. The normalized spacial score (nSPS) is 12.3. The third-order valence-electron chi connectivity index (χ3n) is 4.67. The summed E-state index contributed by atoms with van der Waals surface area (Å²) in [5.74, 6) is -0.319. The molecule has 0 aliphatic carbocycles. The highest BCUT2D eigenvalue weighted by molar-refractivity contribution is 6.30. The Balaban J connectivity index is 1.67. The van der Waals surface area contributed by atoms with Crippen molar-refractivity contribution in [2.24, 2.45) is 0 Å². The first-order valence-electron chi connectivity index (χ1n) is 8.36. The summed E-state index contributed by atoms with van der Waals surface area (Å²) in [4.78, 5) is 17.5. The monoisotopic (exact) mass is 378 g/mol. The molecule has 3 heterocycles. The van der Waals surface area contributed by atoms with Gasteiger partial charge in [0.15, 0.2) is 0 Å². The number of halogens is 2. The van der Waals surface area contributed by atoms with Gasteiger partial charge in [-0.3, -0.25) is 9.36 Å². The molecule has 0 atom stereocenters. The van der Waals surface area contributed by atoms with Crippen LogP contribution in [0, 0.1) is 5.82 Å². The van der Waals surface area contributed by atoms with E-state index in [4.69, 9.17) is 16.3 Å². The van der Waals surface area contributed by atoms with Crippen molar-refractivity contribution < 1.29 is 13.9 Å². The van der Waals surface area contributed by atoms with Gasteiger partial charge in [-0.15, -0.1) is 0 Å². The lowest BCUT2D eigenvalue weighted by Crippen LogP contribution is -2.08. The standard InChI is InChI=1S/C21H12ClFN2O2/c22-14-7-3-5-12(18(14)23)11-27-20-13-6-1-2-8-15(13)24-19-16-9-4-10-25(16)21(26)17(19)20/h1-10H,11H2. The Morgan fingerprint density at radius 3 is 2.81 bits per heavy atom. The summed E-state index contributed by atoms with van der Waals surface area (Å²) in [7, 11) is 0. The highest BCUT2D eigenvalue weighted by atomic mass is 35.5. The second-order valence-electron chi connectivity index (χ2n) is 6.25. The number of nitrogens with zero attached hydrogens (tertiary/aromatic N) is 2. The number of ether oxygens (including phenoxy) is 1. The molecule has 1 aliphatic rings. The summed E-state index contributed by atoms with van der Waals surface area (Å²) in [5.41, 5.74) is 2.72. The number of para-hydroxylation sites is 1. The second-order valence-corrected chi connectivity index (χ2v) is 6.66. The molecule has 2 aromatic carbocycles. The first-order chi connectivity index (χ1) is 13.1. The van der Waals surface area contributed by atoms with Gasteiger partial charge in [-0.25, -0.2) is 9.37 Å². The zero-order valence-electron chi connectivity index (χ0n) is 13.9. The Labute approximate surface area is 158 Å². The second kappa shape index (κ2) is 5.93. The van der Waals surface area contributed by atoms with Gasteiger partial charge in [-0.05, 0) is 30.3 Å². The molecule has 0 N–H and O–H groups in total. The minimum absolute atomic E-state index is 0.0351. The van der Waals surface area contributed by atoms with Crippen LogP contribution >= 0.6 is 11.6 Å². The fraction of sp³-hybridized carbons (Fsp3) is 0.0476. The maximum Gasteiger partial charge on any atom is 0.268 e. The van der Waals surface area contributed by atoms with Gasteiger partial charge in [0.25, 0.3) is 5.91 Å². The highest BCUT2D eigenvalue weighted by Gasteiger charge is 2.32. The van der Waals surface area contributed by atoms with E-state index >= 15 is 0 Å². The lowest BCUT2D eigenvalue weighted by Gasteiger charge is -2.13. The Kier molecular flexibility index (Phi) is 3.52. The van der Waals surface area contributed by atoms with Crippen LogP contribution in [-0.2, 0) is 6.61 Å². The van der Waals surface area contributed by atoms with E-state index < -0.39 is 5.82 Å². The fourth-order valence-electron chi connectivity index (χ4n) is 3.40. The van der Waals surface area contributed by atoms with E-state index in [-0.39, 0.29) is 17.5 Å². The molecular weight excluding hydrogens is 367 g/mol. The number of aromatic nitrogens is 2. The van der Waals surface area contributed by atoms with Gasteiger partial charge in [-0.2, -0.15) is 0 Å². The molecule has 1 aliphatic heterocycles. The predicted molar refractivity (Wildman–Crippen MR) is 101 cm³/mol. The van der Waals surface area contributed by atoms with Crippen molar-refractivity contribution in [2.45, 2.75) is 6.61 Å². The van der Waals surface area contributed by atoms with Crippen molar-refractivity contribution >= 4 is 28.4 Å². The van der Waals surface area contributed by atoms with Crippen molar-refractivity contribution in [1.82, 2.24) is 9.55 Å². The predicted octanol–water partition coefficient (Wildman–Crippen LogP) is 5.08. The van der Waals surface area contributed by atoms with Crippen LogP contribution in [0.15, 0.2) is 60.8 Å². The lowest BCUT2D eigenvalue weighted by atomic mass is 10.1. The summed E-state index contributed by atoms with van der Waals surface area (Å²) in [6.45, 7) is -0.0466. The van der Waals surface area contributed by atoms with Crippen LogP contribution in [0.25, 0.3) is 22.3 Å². The molecular formula is C21H12ClFN2O2. The molecule has 132 valence electrons. The van der Waals surface area contributed by atoms with E-state index in [1.807, 2.05) is 30.3 Å². The highest BCUT2D eigenvalue weighted by Crippen LogP contribution is 2.41. The van der Waals surface area contributed by atoms with E-state index in [2.05, 4.69) is 4.98 Å². The number of hydrogen-bond donors (Lipinski definition) is 0. The van der Waals surface area contributed by atoms with Crippen LogP contribution in [-0.4, -0.2) is 15.5 Å². The van der Waals surface area contributed by atoms with Crippen molar-refractivity contribution in [3.8, 4) is 17.1 Å². The molecule has 6 heteroatoms. The van der Waals surface area contributed by atoms with Gasteiger partial charge in [-0.1, -0.05) is 35.9 Å². The van der Waals surface area contributed by atoms with Crippen LogP contribution in [0.1, 0.15) is 15.9 Å². The SMILES string of the molecule is O=C1c2c(nc3ccccc3c2OCc2cccc(Cl)c2F)-c2cccn21. The average molecular weight is 379 g/mol. The molecule has 2 aromatic heterocycles. The van der Waals surface area contributed by atoms with Gasteiger partial charge < -0.3 is 4.74 Å². The number of fused-ring (bicyclic) bond motifs is 4. The van der Waals surface area contributed by atoms with Gasteiger partial charge in [0, 0.05) is 17.1 Å². The number of rotatable bonds is 3. The Hall–Kier alpha value is -3.18. The van der Waals surface area contributed by atoms with Crippen LogP contribution in [0.2, 0.25) is 5.02 Å². The van der Waals surface area contributed by atoms with E-state index in [0.29, 0.717) is 33.5 Å². The number of benzene rings is 2. The van der Waals surface area contributed by atoms with Crippen molar-refractivity contribution in [1.29, 1.82) is 0 Å². The van der Waals surface area contributed by atoms with Crippen LogP contribution in [0.3, 0.4) is 0 Å². The third kappa shape index (κ3) is 2.35. The molecule has 0 spiro atoms. The molecule has 27 heavy (non-hydrogen) atoms. The summed E-state index contributed by atoms with van der Waals surface area (Å²) in [6.07, 6.45) is 1.70. The van der Waals surface area contributed by atoms with Gasteiger partial charge >= 0.3 is 0 Å². The van der Waals surface area contributed by atoms with Crippen LogP contribution in [0.4, 0.5) is 4.39 Å². The van der Waals surface area contributed by atoms with Crippen molar-refractivity contribution in [3.05, 3.63) is 82.8 Å².